The average molecular weight is 428 g/mol. The van der Waals surface area contributed by atoms with E-state index in [1.165, 1.54) is 16.5 Å². The van der Waals surface area contributed by atoms with E-state index in [0.29, 0.717) is 17.4 Å². The van der Waals surface area contributed by atoms with Crippen molar-refractivity contribution in [3.05, 3.63) is 74.7 Å². The maximum absolute atomic E-state index is 12.6. The molecule has 1 aromatic heterocycles. The van der Waals surface area contributed by atoms with Crippen LogP contribution in [-0.2, 0) is 17.8 Å². The molecule has 6 heteroatoms. The lowest BCUT2D eigenvalue weighted by Gasteiger charge is -2.15. The number of carbonyl (C=O) groups is 1. The van der Waals surface area contributed by atoms with Crippen LogP contribution in [0.3, 0.4) is 0 Å². The van der Waals surface area contributed by atoms with Crippen LogP contribution in [0.15, 0.2) is 58.1 Å². The van der Waals surface area contributed by atoms with Crippen LogP contribution in [0.25, 0.3) is 10.9 Å². The molecule has 0 saturated carbocycles. The van der Waals surface area contributed by atoms with E-state index in [2.05, 4.69) is 45.3 Å². The van der Waals surface area contributed by atoms with E-state index in [-0.39, 0.29) is 23.9 Å². The Morgan fingerprint density at radius 2 is 1.96 bits per heavy atom. The van der Waals surface area contributed by atoms with Crippen molar-refractivity contribution in [3.8, 4) is 0 Å². The van der Waals surface area contributed by atoms with Gasteiger partial charge in [0.2, 0.25) is 5.91 Å². The number of hydrogen-bond donors (Lipinski definition) is 1. The highest BCUT2D eigenvalue weighted by Crippen LogP contribution is 2.15. The number of aryl methyl sites for hydroxylation is 2. The summed E-state index contributed by atoms with van der Waals surface area (Å²) in [5.74, 6) is -0.0942. The van der Waals surface area contributed by atoms with Gasteiger partial charge in [-0.3, -0.25) is 14.2 Å². The molecule has 140 valence electrons. The number of nitrogens with one attached hydrogen (secondary N) is 1. The van der Waals surface area contributed by atoms with Gasteiger partial charge >= 0.3 is 0 Å². The van der Waals surface area contributed by atoms with Crippen molar-refractivity contribution in [3.63, 3.8) is 0 Å². The van der Waals surface area contributed by atoms with Gasteiger partial charge in [0.1, 0.15) is 0 Å². The average Bonchev–Trinajstić information content (AvgIpc) is 2.68. The topological polar surface area (TPSA) is 64.0 Å². The molecule has 0 aliphatic rings. The van der Waals surface area contributed by atoms with Crippen molar-refractivity contribution in [1.29, 1.82) is 0 Å². The van der Waals surface area contributed by atoms with Crippen LogP contribution in [-0.4, -0.2) is 15.5 Å². The van der Waals surface area contributed by atoms with Gasteiger partial charge in [0.15, 0.2) is 0 Å². The Kier molecular flexibility index (Phi) is 6.06. The summed E-state index contributed by atoms with van der Waals surface area (Å²) in [6.45, 7) is 4.37. The highest BCUT2D eigenvalue weighted by molar-refractivity contribution is 9.10. The van der Waals surface area contributed by atoms with Crippen molar-refractivity contribution in [2.45, 2.75) is 39.3 Å². The predicted molar refractivity (Wildman–Crippen MR) is 111 cm³/mol. The Labute approximate surface area is 166 Å². The van der Waals surface area contributed by atoms with Crippen LogP contribution in [0.2, 0.25) is 0 Å². The van der Waals surface area contributed by atoms with Gasteiger partial charge in [-0.2, -0.15) is 0 Å². The van der Waals surface area contributed by atoms with Gasteiger partial charge in [-0.1, -0.05) is 47.1 Å². The third-order valence-corrected chi connectivity index (χ3v) is 5.12. The van der Waals surface area contributed by atoms with E-state index in [1.807, 2.05) is 25.1 Å². The highest BCUT2D eigenvalue weighted by atomic mass is 79.9. The van der Waals surface area contributed by atoms with E-state index in [9.17, 15) is 9.59 Å². The number of aromatic nitrogens is 2. The number of nitrogens with zero attached hydrogens (tertiary/aromatic N) is 2. The summed E-state index contributed by atoms with van der Waals surface area (Å²) in [5.41, 5.74) is 2.84. The Bertz CT molecular complexity index is 1010. The van der Waals surface area contributed by atoms with Crippen molar-refractivity contribution < 1.29 is 4.79 Å². The van der Waals surface area contributed by atoms with Crippen LogP contribution < -0.4 is 10.9 Å². The second-order valence-electron chi connectivity index (χ2n) is 6.54. The Morgan fingerprint density at radius 3 is 2.67 bits per heavy atom. The highest BCUT2D eigenvalue weighted by Gasteiger charge is 2.11. The van der Waals surface area contributed by atoms with E-state index in [1.54, 1.807) is 12.1 Å². The summed E-state index contributed by atoms with van der Waals surface area (Å²) in [4.78, 5) is 29.2. The van der Waals surface area contributed by atoms with Crippen molar-refractivity contribution in [1.82, 2.24) is 14.9 Å². The Balaban J connectivity index is 1.64. The number of hydrogen-bond acceptors (Lipinski definition) is 3. The third kappa shape index (κ3) is 4.63. The normalized spacial score (nSPS) is 12.1. The zero-order chi connectivity index (χ0) is 19.4. The van der Waals surface area contributed by atoms with Crippen LogP contribution >= 0.6 is 15.9 Å². The lowest BCUT2D eigenvalue weighted by atomic mass is 10.0. The molecule has 0 bridgehead atoms. The largest absolute Gasteiger partial charge is 0.350 e. The molecule has 0 saturated heterocycles. The lowest BCUT2D eigenvalue weighted by Crippen LogP contribution is -2.29. The maximum atomic E-state index is 12.6. The minimum atomic E-state index is -0.141. The Morgan fingerprint density at radius 1 is 1.22 bits per heavy atom. The molecule has 27 heavy (non-hydrogen) atoms. The van der Waals surface area contributed by atoms with Gasteiger partial charge in [-0.15, -0.1) is 0 Å². The van der Waals surface area contributed by atoms with Gasteiger partial charge in [0.25, 0.3) is 5.56 Å². The smallest absolute Gasteiger partial charge is 0.261 e. The van der Waals surface area contributed by atoms with Crippen LogP contribution in [0.4, 0.5) is 0 Å². The quantitative estimate of drug-likeness (QED) is 0.646. The summed E-state index contributed by atoms with van der Waals surface area (Å²) in [5, 5.41) is 3.53. The molecule has 1 amide bonds. The fraction of sp³-hybridized carbons (Fsp3) is 0.286. The van der Waals surface area contributed by atoms with E-state index < -0.39 is 0 Å². The first-order valence-corrected chi connectivity index (χ1v) is 9.80. The van der Waals surface area contributed by atoms with E-state index >= 15 is 0 Å². The van der Waals surface area contributed by atoms with Gasteiger partial charge < -0.3 is 5.32 Å². The molecule has 0 aliphatic carbocycles. The van der Waals surface area contributed by atoms with Crippen molar-refractivity contribution >= 4 is 32.7 Å². The van der Waals surface area contributed by atoms with Crippen LogP contribution in [0.5, 0.6) is 0 Å². The molecular formula is C21H22BrN3O2. The standard InChI is InChI=1S/C21H22BrN3O2/c1-3-15-4-6-16(7-5-15)14(2)24-20(26)10-11-25-13-23-19-9-8-17(22)12-18(19)21(25)27/h4-9,12-14H,3,10-11H2,1-2H3,(H,24,26)/t14-/m0/s1. The van der Waals surface area contributed by atoms with Gasteiger partial charge in [-0.25, -0.2) is 4.98 Å². The van der Waals surface area contributed by atoms with E-state index in [0.717, 1.165) is 16.5 Å². The molecule has 0 unspecified atom stereocenters. The van der Waals surface area contributed by atoms with Gasteiger partial charge in [0.05, 0.1) is 23.3 Å². The monoisotopic (exact) mass is 427 g/mol. The fourth-order valence-electron chi connectivity index (χ4n) is 2.95. The van der Waals surface area contributed by atoms with E-state index in [4.69, 9.17) is 0 Å². The number of halogens is 1. The predicted octanol–water partition coefficient (Wildman–Crippen LogP) is 3.99. The second kappa shape index (κ2) is 8.48. The molecule has 0 spiro atoms. The molecule has 2 aromatic carbocycles. The molecule has 1 heterocycles. The number of benzene rings is 2. The van der Waals surface area contributed by atoms with Crippen LogP contribution in [0, 0.1) is 0 Å². The minimum absolute atomic E-state index is 0.0780. The number of rotatable bonds is 6. The first-order valence-electron chi connectivity index (χ1n) is 9.01. The van der Waals surface area contributed by atoms with Crippen LogP contribution in [0.1, 0.15) is 37.4 Å². The van der Waals surface area contributed by atoms with Gasteiger partial charge in [0, 0.05) is 17.4 Å². The second-order valence-corrected chi connectivity index (χ2v) is 7.45. The first-order chi connectivity index (χ1) is 13.0. The molecule has 3 rings (SSSR count). The molecule has 3 aromatic rings. The zero-order valence-corrected chi connectivity index (χ0v) is 17.0. The van der Waals surface area contributed by atoms with Crippen molar-refractivity contribution in [2.75, 3.05) is 0 Å². The number of amides is 1. The zero-order valence-electron chi connectivity index (χ0n) is 15.4. The SMILES string of the molecule is CCc1ccc([C@H](C)NC(=O)CCn2cnc3ccc(Br)cc3c2=O)cc1. The molecule has 0 fully saturated rings. The number of carbonyl (C=O) groups excluding carboxylic acids is 1. The summed E-state index contributed by atoms with van der Waals surface area (Å²) in [7, 11) is 0. The summed E-state index contributed by atoms with van der Waals surface area (Å²) < 4.78 is 2.31. The minimum Gasteiger partial charge on any atom is -0.350 e. The molecule has 0 aliphatic heterocycles. The molecular weight excluding hydrogens is 406 g/mol. The van der Waals surface area contributed by atoms with Crippen molar-refractivity contribution in [2.24, 2.45) is 0 Å². The molecule has 0 radical (unpaired) electrons. The maximum Gasteiger partial charge on any atom is 0.261 e. The summed E-state index contributed by atoms with van der Waals surface area (Å²) in [6.07, 6.45) is 2.71. The van der Waals surface area contributed by atoms with Gasteiger partial charge in [-0.05, 0) is 42.7 Å². The molecule has 1 N–H and O–H groups in total. The molecule has 5 nitrogen and oxygen atoms in total. The lowest BCUT2D eigenvalue weighted by molar-refractivity contribution is -0.121. The Hall–Kier alpha value is -2.47. The third-order valence-electron chi connectivity index (χ3n) is 4.63. The first kappa shape index (κ1) is 19.3. The molecule has 1 atom stereocenters. The number of fused-ring (bicyclic) bond motifs is 1. The summed E-state index contributed by atoms with van der Waals surface area (Å²) in [6, 6.07) is 13.6. The summed E-state index contributed by atoms with van der Waals surface area (Å²) >= 11 is 3.37. The fourth-order valence-corrected chi connectivity index (χ4v) is 3.31.